The smallest absolute Gasteiger partial charge is 0.267 e. The first-order chi connectivity index (χ1) is 7.66. The number of hydrogen-bond acceptors (Lipinski definition) is 3. The summed E-state index contributed by atoms with van der Waals surface area (Å²) in [5, 5.41) is 5.27. The van der Waals surface area contributed by atoms with Gasteiger partial charge >= 0.3 is 0 Å². The molecule has 1 aromatic carbocycles. The molecular weight excluding hydrogens is 208 g/mol. The monoisotopic (exact) mass is 220 g/mol. The molecular formula is C11H12N2O3. The Morgan fingerprint density at radius 1 is 1.50 bits per heavy atom. The molecule has 0 saturated carbocycles. The first-order valence-electron chi connectivity index (χ1n) is 4.98. The van der Waals surface area contributed by atoms with Gasteiger partial charge in [-0.25, -0.2) is 0 Å². The van der Waals surface area contributed by atoms with Gasteiger partial charge in [0.25, 0.3) is 5.91 Å². The molecule has 0 saturated heterocycles. The van der Waals surface area contributed by atoms with Crippen molar-refractivity contribution in [3.8, 4) is 5.75 Å². The van der Waals surface area contributed by atoms with E-state index in [1.807, 2.05) is 12.1 Å². The predicted molar refractivity (Wildman–Crippen MR) is 58.2 cm³/mol. The molecule has 1 heterocycles. The van der Waals surface area contributed by atoms with E-state index in [1.165, 1.54) is 6.92 Å². The maximum absolute atomic E-state index is 11.6. The predicted octanol–water partition coefficient (Wildman–Crippen LogP) is 0.522. The van der Waals surface area contributed by atoms with Crippen molar-refractivity contribution in [2.24, 2.45) is 0 Å². The number of fused-ring (bicyclic) bond motifs is 1. The standard InChI is InChI=1S/C11H12N2O3/c1-7(14)12-6-10-11(15)13-8-4-2-3-5-9(8)16-10/h2-5,10H,6H2,1H3,(H,12,14)(H,13,15). The summed E-state index contributed by atoms with van der Waals surface area (Å²) in [6.07, 6.45) is -0.668. The molecule has 84 valence electrons. The molecule has 1 aliphatic heterocycles. The fraction of sp³-hybridized carbons (Fsp3) is 0.273. The third-order valence-corrected chi connectivity index (χ3v) is 2.24. The first-order valence-corrected chi connectivity index (χ1v) is 4.98. The second kappa shape index (κ2) is 4.22. The van der Waals surface area contributed by atoms with Crippen molar-refractivity contribution in [2.45, 2.75) is 13.0 Å². The number of carbonyl (C=O) groups is 2. The molecule has 1 atom stereocenters. The van der Waals surface area contributed by atoms with Crippen LogP contribution in [-0.2, 0) is 9.59 Å². The van der Waals surface area contributed by atoms with Crippen molar-refractivity contribution in [3.05, 3.63) is 24.3 Å². The van der Waals surface area contributed by atoms with Gasteiger partial charge in [-0.3, -0.25) is 9.59 Å². The van der Waals surface area contributed by atoms with Crippen molar-refractivity contribution in [1.29, 1.82) is 0 Å². The van der Waals surface area contributed by atoms with Gasteiger partial charge in [0, 0.05) is 6.92 Å². The number of rotatable bonds is 2. The lowest BCUT2D eigenvalue weighted by Crippen LogP contribution is -2.44. The second-order valence-corrected chi connectivity index (χ2v) is 3.53. The Kier molecular flexibility index (Phi) is 2.76. The molecule has 2 amide bonds. The van der Waals surface area contributed by atoms with Gasteiger partial charge in [0.15, 0.2) is 6.10 Å². The number of benzene rings is 1. The molecule has 0 spiro atoms. The molecule has 0 fully saturated rings. The van der Waals surface area contributed by atoms with Crippen LogP contribution in [0.5, 0.6) is 5.75 Å². The van der Waals surface area contributed by atoms with Crippen LogP contribution in [0.2, 0.25) is 0 Å². The van der Waals surface area contributed by atoms with E-state index in [-0.39, 0.29) is 18.4 Å². The fourth-order valence-electron chi connectivity index (χ4n) is 1.46. The lowest BCUT2D eigenvalue weighted by Gasteiger charge is -2.25. The van der Waals surface area contributed by atoms with Crippen molar-refractivity contribution in [1.82, 2.24) is 5.32 Å². The van der Waals surface area contributed by atoms with Gasteiger partial charge in [-0.15, -0.1) is 0 Å². The largest absolute Gasteiger partial charge is 0.477 e. The Hall–Kier alpha value is -2.04. The molecule has 1 aliphatic rings. The minimum Gasteiger partial charge on any atom is -0.477 e. The number of nitrogens with one attached hydrogen (secondary N) is 2. The third-order valence-electron chi connectivity index (χ3n) is 2.24. The van der Waals surface area contributed by atoms with Crippen LogP contribution in [0.1, 0.15) is 6.92 Å². The Bertz CT molecular complexity index is 431. The van der Waals surface area contributed by atoms with Crippen molar-refractivity contribution in [2.75, 3.05) is 11.9 Å². The van der Waals surface area contributed by atoms with Crippen LogP contribution >= 0.6 is 0 Å². The highest BCUT2D eigenvalue weighted by molar-refractivity contribution is 5.98. The molecule has 0 aromatic heterocycles. The summed E-state index contributed by atoms with van der Waals surface area (Å²) in [4.78, 5) is 22.3. The summed E-state index contributed by atoms with van der Waals surface area (Å²) in [7, 11) is 0. The average Bonchev–Trinajstić information content (AvgIpc) is 2.26. The molecule has 2 N–H and O–H groups in total. The fourth-order valence-corrected chi connectivity index (χ4v) is 1.46. The number of para-hydroxylation sites is 2. The van der Waals surface area contributed by atoms with Crippen LogP contribution in [0.15, 0.2) is 24.3 Å². The highest BCUT2D eigenvalue weighted by Crippen LogP contribution is 2.28. The molecule has 5 heteroatoms. The summed E-state index contributed by atoms with van der Waals surface area (Å²) < 4.78 is 5.47. The summed E-state index contributed by atoms with van der Waals surface area (Å²) in [5.74, 6) is 0.195. The van der Waals surface area contributed by atoms with E-state index < -0.39 is 6.10 Å². The average molecular weight is 220 g/mol. The molecule has 16 heavy (non-hydrogen) atoms. The minimum atomic E-state index is -0.668. The van der Waals surface area contributed by atoms with Crippen LogP contribution < -0.4 is 15.4 Å². The van der Waals surface area contributed by atoms with E-state index >= 15 is 0 Å². The zero-order valence-electron chi connectivity index (χ0n) is 8.82. The zero-order valence-corrected chi connectivity index (χ0v) is 8.82. The molecule has 1 unspecified atom stereocenters. The Morgan fingerprint density at radius 3 is 3.00 bits per heavy atom. The van der Waals surface area contributed by atoms with Crippen molar-refractivity contribution >= 4 is 17.5 Å². The molecule has 0 aliphatic carbocycles. The number of amides is 2. The van der Waals surface area contributed by atoms with E-state index in [2.05, 4.69) is 10.6 Å². The maximum Gasteiger partial charge on any atom is 0.267 e. The third kappa shape index (κ3) is 2.13. The van der Waals surface area contributed by atoms with Crippen molar-refractivity contribution < 1.29 is 14.3 Å². The molecule has 0 radical (unpaired) electrons. The quantitative estimate of drug-likeness (QED) is 0.763. The number of carbonyl (C=O) groups excluding carboxylic acids is 2. The van der Waals surface area contributed by atoms with E-state index in [0.717, 1.165) is 0 Å². The first kappa shape index (κ1) is 10.5. The lowest BCUT2D eigenvalue weighted by molar-refractivity contribution is -0.124. The minimum absolute atomic E-state index is 0.176. The van der Waals surface area contributed by atoms with Crippen LogP contribution in [0.25, 0.3) is 0 Å². The maximum atomic E-state index is 11.6. The Balaban J connectivity index is 2.09. The van der Waals surface area contributed by atoms with Gasteiger partial charge in [0.1, 0.15) is 5.75 Å². The molecule has 0 bridgehead atoms. The van der Waals surface area contributed by atoms with E-state index in [0.29, 0.717) is 11.4 Å². The van der Waals surface area contributed by atoms with Crippen LogP contribution in [-0.4, -0.2) is 24.5 Å². The van der Waals surface area contributed by atoms with Gasteiger partial charge in [0.05, 0.1) is 12.2 Å². The topological polar surface area (TPSA) is 67.4 Å². The summed E-state index contributed by atoms with van der Waals surface area (Å²) in [6, 6.07) is 7.18. The van der Waals surface area contributed by atoms with Gasteiger partial charge < -0.3 is 15.4 Å². The molecule has 1 aromatic rings. The van der Waals surface area contributed by atoms with Gasteiger partial charge in [-0.1, -0.05) is 12.1 Å². The Morgan fingerprint density at radius 2 is 2.25 bits per heavy atom. The summed E-state index contributed by atoms with van der Waals surface area (Å²) in [5.41, 5.74) is 0.659. The summed E-state index contributed by atoms with van der Waals surface area (Å²) >= 11 is 0. The van der Waals surface area contributed by atoms with E-state index in [9.17, 15) is 9.59 Å². The van der Waals surface area contributed by atoms with E-state index in [4.69, 9.17) is 4.74 Å². The molecule has 5 nitrogen and oxygen atoms in total. The van der Waals surface area contributed by atoms with Gasteiger partial charge in [-0.2, -0.15) is 0 Å². The molecule has 2 rings (SSSR count). The highest BCUT2D eigenvalue weighted by Gasteiger charge is 2.27. The zero-order chi connectivity index (χ0) is 11.5. The van der Waals surface area contributed by atoms with Crippen LogP contribution in [0, 0.1) is 0 Å². The summed E-state index contributed by atoms with van der Waals surface area (Å²) in [6.45, 7) is 1.57. The number of hydrogen-bond donors (Lipinski definition) is 2. The van der Waals surface area contributed by atoms with E-state index in [1.54, 1.807) is 12.1 Å². The normalized spacial score (nSPS) is 18.1. The van der Waals surface area contributed by atoms with Gasteiger partial charge in [0.2, 0.25) is 5.91 Å². The Labute approximate surface area is 92.8 Å². The van der Waals surface area contributed by atoms with Crippen molar-refractivity contribution in [3.63, 3.8) is 0 Å². The lowest BCUT2D eigenvalue weighted by atomic mass is 10.2. The number of ether oxygens (including phenoxy) is 1. The second-order valence-electron chi connectivity index (χ2n) is 3.53. The number of anilines is 1. The van der Waals surface area contributed by atoms with Gasteiger partial charge in [-0.05, 0) is 12.1 Å². The highest BCUT2D eigenvalue weighted by atomic mass is 16.5. The van der Waals surface area contributed by atoms with Crippen LogP contribution in [0.3, 0.4) is 0 Å². The SMILES string of the molecule is CC(=O)NCC1Oc2ccccc2NC1=O. The van der Waals surface area contributed by atoms with Crippen LogP contribution in [0.4, 0.5) is 5.69 Å².